The van der Waals surface area contributed by atoms with E-state index in [1.807, 2.05) is 47.6 Å². The van der Waals surface area contributed by atoms with Crippen molar-refractivity contribution in [3.8, 4) is 11.1 Å². The van der Waals surface area contributed by atoms with Crippen molar-refractivity contribution in [2.45, 2.75) is 69.5 Å². The third-order valence-corrected chi connectivity index (χ3v) is 7.35. The van der Waals surface area contributed by atoms with Crippen molar-refractivity contribution < 1.29 is 8.78 Å². The second kappa shape index (κ2) is 7.97. The number of aromatic nitrogens is 6. The lowest BCUT2D eigenvalue weighted by molar-refractivity contribution is -0.103. The first kappa shape index (κ1) is 21.4. The van der Waals surface area contributed by atoms with Crippen LogP contribution >= 0.6 is 0 Å². The number of hydrogen-bond acceptors (Lipinski definition) is 6. The Labute approximate surface area is 195 Å². The van der Waals surface area contributed by atoms with Crippen molar-refractivity contribution in [3.63, 3.8) is 0 Å². The molecule has 0 amide bonds. The summed E-state index contributed by atoms with van der Waals surface area (Å²) >= 11 is 0. The molecule has 2 fully saturated rings. The number of alkyl halides is 2. The Morgan fingerprint density at radius 2 is 1.79 bits per heavy atom. The smallest absolute Gasteiger partial charge is 0.252 e. The fourth-order valence-corrected chi connectivity index (χ4v) is 5.43. The van der Waals surface area contributed by atoms with Gasteiger partial charge < -0.3 is 15.2 Å². The molecule has 0 atom stereocenters. The highest BCUT2D eigenvalue weighted by Crippen LogP contribution is 2.47. The third kappa shape index (κ3) is 3.70. The average Bonchev–Trinajstić information content (AvgIpc) is 3.37. The summed E-state index contributed by atoms with van der Waals surface area (Å²) in [5.74, 6) is -1.26. The Kier molecular flexibility index (Phi) is 5.02. The number of rotatable bonds is 5. The summed E-state index contributed by atoms with van der Waals surface area (Å²) in [7, 11) is 2.02. The first-order chi connectivity index (χ1) is 16.4. The number of imidazole rings is 1. The molecule has 0 radical (unpaired) electrons. The SMILES string of the molecule is CN[C@H]1CC[C@@H](Nc2ncc3c(-c4cnc5nc(C)n(C6CC(F)(F)C6)c5c4)ccn3n2)CC1. The molecular weight excluding hydrogens is 438 g/mol. The summed E-state index contributed by atoms with van der Waals surface area (Å²) in [6.45, 7) is 1.85. The molecule has 0 aromatic carbocycles. The van der Waals surface area contributed by atoms with Gasteiger partial charge in [-0.25, -0.2) is 28.2 Å². The molecule has 4 aromatic rings. The summed E-state index contributed by atoms with van der Waals surface area (Å²) in [6, 6.07) is 4.70. The minimum Gasteiger partial charge on any atom is -0.350 e. The maximum Gasteiger partial charge on any atom is 0.252 e. The molecule has 0 bridgehead atoms. The van der Waals surface area contributed by atoms with Crippen LogP contribution in [0.4, 0.5) is 14.7 Å². The highest BCUT2D eigenvalue weighted by Gasteiger charge is 2.47. The highest BCUT2D eigenvalue weighted by atomic mass is 19.3. The van der Waals surface area contributed by atoms with E-state index < -0.39 is 5.92 Å². The quantitative estimate of drug-likeness (QED) is 0.455. The minimum absolute atomic E-state index is 0.154. The van der Waals surface area contributed by atoms with Crippen molar-refractivity contribution >= 4 is 22.6 Å². The standard InChI is InChI=1S/C24H28F2N8/c1-14-30-22-20(34(14)18-10-24(25,26)11-18)9-15(12-28-22)19-7-8-33-21(19)13-29-23(32-33)31-17-5-3-16(27-2)4-6-17/h7-9,12-13,16-18,27H,3-6,10-11H2,1-2H3,(H,31,32)/t16-,17+. The predicted molar refractivity (Wildman–Crippen MR) is 126 cm³/mol. The van der Waals surface area contributed by atoms with Crippen LogP contribution < -0.4 is 10.6 Å². The molecule has 2 aliphatic rings. The van der Waals surface area contributed by atoms with Crippen LogP contribution in [-0.2, 0) is 0 Å². The van der Waals surface area contributed by atoms with Crippen molar-refractivity contribution in [1.82, 2.24) is 34.4 Å². The number of nitrogens with zero attached hydrogens (tertiary/aromatic N) is 6. The van der Waals surface area contributed by atoms with Gasteiger partial charge in [0.05, 0.1) is 17.2 Å². The molecular formula is C24H28F2N8. The molecule has 0 spiro atoms. The van der Waals surface area contributed by atoms with E-state index in [1.165, 1.54) is 0 Å². The number of halogens is 2. The number of aryl methyl sites for hydroxylation is 1. The van der Waals surface area contributed by atoms with Gasteiger partial charge in [0.15, 0.2) is 5.65 Å². The normalized spacial score (nSPS) is 22.8. The Morgan fingerprint density at radius 1 is 1.03 bits per heavy atom. The lowest BCUT2D eigenvalue weighted by Crippen LogP contribution is -2.37. The number of hydrogen-bond donors (Lipinski definition) is 2. The second-order valence-electron chi connectivity index (χ2n) is 9.64. The molecule has 2 N–H and O–H groups in total. The van der Waals surface area contributed by atoms with Crippen molar-refractivity contribution in [1.29, 1.82) is 0 Å². The van der Waals surface area contributed by atoms with Gasteiger partial charge in [-0.1, -0.05) is 0 Å². The molecule has 6 rings (SSSR count). The van der Waals surface area contributed by atoms with Gasteiger partial charge in [-0.2, -0.15) is 0 Å². The van der Waals surface area contributed by atoms with Crippen LogP contribution in [0.3, 0.4) is 0 Å². The van der Waals surface area contributed by atoms with Crippen LogP contribution in [0, 0.1) is 6.92 Å². The van der Waals surface area contributed by atoms with Gasteiger partial charge in [0.25, 0.3) is 5.92 Å². The van der Waals surface area contributed by atoms with Crippen LogP contribution in [0.1, 0.15) is 50.4 Å². The summed E-state index contributed by atoms with van der Waals surface area (Å²) in [5.41, 5.74) is 4.06. The lowest BCUT2D eigenvalue weighted by atomic mass is 9.87. The second-order valence-corrected chi connectivity index (χ2v) is 9.64. The summed E-state index contributed by atoms with van der Waals surface area (Å²) in [6.07, 6.45) is 9.68. The van der Waals surface area contributed by atoms with Crippen LogP contribution in [-0.4, -0.2) is 54.2 Å². The topological polar surface area (TPSA) is 85.0 Å². The highest BCUT2D eigenvalue weighted by molar-refractivity contribution is 5.85. The van der Waals surface area contributed by atoms with Gasteiger partial charge in [-0.15, -0.1) is 5.10 Å². The zero-order valence-electron chi connectivity index (χ0n) is 19.3. The van der Waals surface area contributed by atoms with Crippen LogP contribution in [0.25, 0.3) is 27.8 Å². The fraction of sp³-hybridized carbons (Fsp3) is 0.500. The van der Waals surface area contributed by atoms with E-state index in [-0.39, 0.29) is 18.9 Å². The molecule has 2 aliphatic carbocycles. The molecule has 178 valence electrons. The number of fused-ring (bicyclic) bond motifs is 2. The molecule has 34 heavy (non-hydrogen) atoms. The number of anilines is 1. The molecule has 10 heteroatoms. The Hall–Kier alpha value is -3.14. The maximum atomic E-state index is 13.5. The van der Waals surface area contributed by atoms with E-state index >= 15 is 0 Å². The molecule has 0 aliphatic heterocycles. The minimum atomic E-state index is -2.59. The van der Waals surface area contributed by atoms with Crippen molar-refractivity contribution in [2.75, 3.05) is 12.4 Å². The number of nitrogens with one attached hydrogen (secondary N) is 2. The number of pyridine rings is 1. The van der Waals surface area contributed by atoms with Gasteiger partial charge in [-0.3, -0.25) is 0 Å². The zero-order valence-corrected chi connectivity index (χ0v) is 19.3. The largest absolute Gasteiger partial charge is 0.350 e. The van der Waals surface area contributed by atoms with Crippen LogP contribution in [0.5, 0.6) is 0 Å². The van der Waals surface area contributed by atoms with E-state index in [0.717, 1.165) is 47.8 Å². The summed E-state index contributed by atoms with van der Waals surface area (Å²) in [4.78, 5) is 13.6. The van der Waals surface area contributed by atoms with E-state index in [0.29, 0.717) is 29.5 Å². The average molecular weight is 467 g/mol. The zero-order chi connectivity index (χ0) is 23.4. The first-order valence-corrected chi connectivity index (χ1v) is 11.9. The van der Waals surface area contributed by atoms with Crippen molar-refractivity contribution in [2.24, 2.45) is 0 Å². The monoisotopic (exact) mass is 466 g/mol. The van der Waals surface area contributed by atoms with Gasteiger partial charge in [0, 0.05) is 54.5 Å². The molecule has 4 heterocycles. The Balaban J connectivity index is 1.28. The van der Waals surface area contributed by atoms with E-state index in [2.05, 4.69) is 30.7 Å². The Bertz CT molecular complexity index is 1340. The van der Waals surface area contributed by atoms with Gasteiger partial charge >= 0.3 is 0 Å². The molecule has 2 saturated carbocycles. The van der Waals surface area contributed by atoms with E-state index in [1.54, 1.807) is 6.20 Å². The predicted octanol–water partition coefficient (Wildman–Crippen LogP) is 4.36. The van der Waals surface area contributed by atoms with Crippen molar-refractivity contribution in [3.05, 3.63) is 36.5 Å². The maximum absolute atomic E-state index is 13.5. The fourth-order valence-electron chi connectivity index (χ4n) is 5.43. The third-order valence-electron chi connectivity index (χ3n) is 7.35. The lowest BCUT2D eigenvalue weighted by Gasteiger charge is -2.36. The van der Waals surface area contributed by atoms with Gasteiger partial charge in [0.2, 0.25) is 5.95 Å². The van der Waals surface area contributed by atoms with Gasteiger partial charge in [-0.05, 0) is 51.8 Å². The molecule has 8 nitrogen and oxygen atoms in total. The molecule has 0 saturated heterocycles. The summed E-state index contributed by atoms with van der Waals surface area (Å²) < 4.78 is 30.8. The molecule has 0 unspecified atom stereocenters. The molecule has 4 aromatic heterocycles. The van der Waals surface area contributed by atoms with Gasteiger partial charge in [0.1, 0.15) is 5.82 Å². The summed E-state index contributed by atoms with van der Waals surface area (Å²) in [5, 5.41) is 11.5. The van der Waals surface area contributed by atoms with Crippen LogP contribution in [0.2, 0.25) is 0 Å². The first-order valence-electron chi connectivity index (χ1n) is 11.9. The van der Waals surface area contributed by atoms with Crippen LogP contribution in [0.15, 0.2) is 30.7 Å². The van der Waals surface area contributed by atoms with E-state index in [4.69, 9.17) is 0 Å². The Morgan fingerprint density at radius 3 is 2.53 bits per heavy atom. The van der Waals surface area contributed by atoms with E-state index in [9.17, 15) is 8.78 Å².